The summed E-state index contributed by atoms with van der Waals surface area (Å²) in [6.45, 7) is 0.265. The molecule has 2 N–H and O–H groups in total. The number of carbonyl (C=O) groups is 3. The van der Waals surface area contributed by atoms with Gasteiger partial charge in [0.1, 0.15) is 5.75 Å². The van der Waals surface area contributed by atoms with Crippen LogP contribution >= 0.6 is 0 Å². The maximum absolute atomic E-state index is 12.2. The highest BCUT2D eigenvalue weighted by Gasteiger charge is 2.35. The van der Waals surface area contributed by atoms with Crippen LogP contribution in [0.1, 0.15) is 19.3 Å². The Hall–Kier alpha value is -2.57. The largest absolute Gasteiger partial charge is 0.497 e. The molecule has 128 valence electrons. The molecule has 0 spiro atoms. The van der Waals surface area contributed by atoms with E-state index in [2.05, 4.69) is 10.6 Å². The summed E-state index contributed by atoms with van der Waals surface area (Å²) in [5.41, 5.74) is 0.709. The van der Waals surface area contributed by atoms with Crippen LogP contribution in [0.25, 0.3) is 0 Å². The van der Waals surface area contributed by atoms with Crippen molar-refractivity contribution in [1.82, 2.24) is 10.6 Å². The molecule has 7 nitrogen and oxygen atoms in total. The van der Waals surface area contributed by atoms with E-state index in [0.717, 1.165) is 12.8 Å². The first-order valence-corrected chi connectivity index (χ1v) is 8.08. The first-order chi connectivity index (χ1) is 11.6. The molecule has 3 rings (SSSR count). The summed E-state index contributed by atoms with van der Waals surface area (Å²) in [7, 11) is 1.56. The summed E-state index contributed by atoms with van der Waals surface area (Å²) in [6.07, 6.45) is 2.16. The Kier molecular flexibility index (Phi) is 4.69. The summed E-state index contributed by atoms with van der Waals surface area (Å²) in [5, 5.41) is 5.43. The van der Waals surface area contributed by atoms with Gasteiger partial charge >= 0.3 is 0 Å². The van der Waals surface area contributed by atoms with Gasteiger partial charge in [-0.25, -0.2) is 0 Å². The maximum atomic E-state index is 12.2. The molecule has 2 aliphatic rings. The van der Waals surface area contributed by atoms with Crippen LogP contribution in [0.4, 0.5) is 5.69 Å². The molecule has 1 saturated carbocycles. The number of anilines is 1. The monoisotopic (exact) mass is 331 g/mol. The molecule has 1 aliphatic carbocycles. The van der Waals surface area contributed by atoms with E-state index in [-0.39, 0.29) is 36.7 Å². The lowest BCUT2D eigenvalue weighted by Gasteiger charge is -2.17. The summed E-state index contributed by atoms with van der Waals surface area (Å²) >= 11 is 0. The minimum atomic E-state index is -0.447. The Morgan fingerprint density at radius 1 is 1.33 bits per heavy atom. The average Bonchev–Trinajstić information content (AvgIpc) is 3.31. The molecule has 1 unspecified atom stereocenters. The van der Waals surface area contributed by atoms with Crippen LogP contribution in [-0.4, -0.2) is 44.0 Å². The third kappa shape index (κ3) is 3.84. The molecule has 0 aromatic heterocycles. The summed E-state index contributed by atoms with van der Waals surface area (Å²) in [5.74, 6) is -0.340. The lowest BCUT2D eigenvalue weighted by Crippen LogP contribution is -2.40. The van der Waals surface area contributed by atoms with Crippen LogP contribution in [0.5, 0.6) is 5.75 Å². The van der Waals surface area contributed by atoms with Gasteiger partial charge in [-0.3, -0.25) is 14.4 Å². The predicted octanol–water partition coefficient (Wildman–Crippen LogP) is 0.443. The fourth-order valence-electron chi connectivity index (χ4n) is 2.73. The van der Waals surface area contributed by atoms with Gasteiger partial charge in [0, 0.05) is 30.8 Å². The Morgan fingerprint density at radius 2 is 2.12 bits per heavy atom. The fraction of sp³-hybridized carbons (Fsp3) is 0.471. The van der Waals surface area contributed by atoms with Crippen LogP contribution in [0, 0.1) is 5.92 Å². The van der Waals surface area contributed by atoms with Gasteiger partial charge in [-0.15, -0.1) is 0 Å². The number of ether oxygens (including phenoxy) is 1. The molecule has 1 heterocycles. The minimum Gasteiger partial charge on any atom is -0.497 e. The Bertz CT molecular complexity index is 657. The quantitative estimate of drug-likeness (QED) is 0.792. The first-order valence-electron chi connectivity index (χ1n) is 8.08. The minimum absolute atomic E-state index is 0.0425. The van der Waals surface area contributed by atoms with Gasteiger partial charge in [0.2, 0.25) is 17.7 Å². The molecule has 1 aliphatic heterocycles. The third-order valence-electron chi connectivity index (χ3n) is 4.23. The molecule has 1 saturated heterocycles. The number of hydrogen-bond donors (Lipinski definition) is 2. The van der Waals surface area contributed by atoms with E-state index >= 15 is 0 Å². The van der Waals surface area contributed by atoms with Gasteiger partial charge in [0.05, 0.1) is 19.6 Å². The SMILES string of the molecule is COc1cccc(N2CC(C(=O)NCC(=O)NC3CC3)CC2=O)c1. The third-order valence-corrected chi connectivity index (χ3v) is 4.23. The smallest absolute Gasteiger partial charge is 0.239 e. The van der Waals surface area contributed by atoms with Crippen LogP contribution in [-0.2, 0) is 14.4 Å². The zero-order valence-corrected chi connectivity index (χ0v) is 13.6. The molecule has 1 aromatic carbocycles. The Balaban J connectivity index is 1.55. The van der Waals surface area contributed by atoms with Crippen LogP contribution < -0.4 is 20.3 Å². The highest BCUT2D eigenvalue weighted by Crippen LogP contribution is 2.27. The van der Waals surface area contributed by atoms with Crippen LogP contribution in [0.2, 0.25) is 0 Å². The van der Waals surface area contributed by atoms with Crippen molar-refractivity contribution in [2.24, 2.45) is 5.92 Å². The van der Waals surface area contributed by atoms with Crippen molar-refractivity contribution in [3.63, 3.8) is 0 Å². The van der Waals surface area contributed by atoms with E-state index in [1.807, 2.05) is 6.07 Å². The number of nitrogens with one attached hydrogen (secondary N) is 2. The molecule has 1 atom stereocenters. The number of rotatable bonds is 6. The second-order valence-corrected chi connectivity index (χ2v) is 6.17. The maximum Gasteiger partial charge on any atom is 0.239 e. The van der Waals surface area contributed by atoms with Gasteiger partial charge < -0.3 is 20.3 Å². The second kappa shape index (κ2) is 6.90. The highest BCUT2D eigenvalue weighted by molar-refractivity contribution is 6.00. The van der Waals surface area contributed by atoms with Crippen molar-refractivity contribution in [1.29, 1.82) is 0 Å². The number of nitrogens with zero attached hydrogens (tertiary/aromatic N) is 1. The summed E-state index contributed by atoms with van der Waals surface area (Å²) in [6, 6.07) is 7.44. The van der Waals surface area contributed by atoms with E-state index in [1.165, 1.54) is 0 Å². The van der Waals surface area contributed by atoms with E-state index in [0.29, 0.717) is 18.0 Å². The van der Waals surface area contributed by atoms with E-state index in [4.69, 9.17) is 4.74 Å². The fourth-order valence-corrected chi connectivity index (χ4v) is 2.73. The lowest BCUT2D eigenvalue weighted by molar-refractivity contribution is -0.129. The zero-order chi connectivity index (χ0) is 17.1. The van der Waals surface area contributed by atoms with Crippen molar-refractivity contribution in [2.45, 2.75) is 25.3 Å². The molecule has 0 bridgehead atoms. The summed E-state index contributed by atoms with van der Waals surface area (Å²) in [4.78, 5) is 37.6. The van der Waals surface area contributed by atoms with Gasteiger partial charge in [-0.2, -0.15) is 0 Å². The first kappa shape index (κ1) is 16.3. The van der Waals surface area contributed by atoms with E-state index in [9.17, 15) is 14.4 Å². The van der Waals surface area contributed by atoms with Gasteiger partial charge in [0.15, 0.2) is 0 Å². The average molecular weight is 331 g/mol. The highest BCUT2D eigenvalue weighted by atomic mass is 16.5. The predicted molar refractivity (Wildman–Crippen MR) is 87.6 cm³/mol. The number of hydrogen-bond acceptors (Lipinski definition) is 4. The second-order valence-electron chi connectivity index (χ2n) is 6.17. The molecule has 1 aromatic rings. The summed E-state index contributed by atoms with van der Waals surface area (Å²) < 4.78 is 5.16. The zero-order valence-electron chi connectivity index (χ0n) is 13.6. The van der Waals surface area contributed by atoms with Crippen molar-refractivity contribution in [3.8, 4) is 5.75 Å². The molecule has 2 fully saturated rings. The molecule has 24 heavy (non-hydrogen) atoms. The van der Waals surface area contributed by atoms with Gasteiger partial charge in [0.25, 0.3) is 0 Å². The lowest BCUT2D eigenvalue weighted by atomic mass is 10.1. The molecular weight excluding hydrogens is 310 g/mol. The number of benzene rings is 1. The van der Waals surface area contributed by atoms with Crippen molar-refractivity contribution < 1.29 is 19.1 Å². The number of carbonyl (C=O) groups excluding carboxylic acids is 3. The molecule has 0 radical (unpaired) electrons. The normalized spacial score (nSPS) is 20.0. The van der Waals surface area contributed by atoms with E-state index < -0.39 is 5.92 Å². The number of amides is 3. The Morgan fingerprint density at radius 3 is 2.83 bits per heavy atom. The molecule has 7 heteroatoms. The van der Waals surface area contributed by atoms with Crippen molar-refractivity contribution in [3.05, 3.63) is 24.3 Å². The van der Waals surface area contributed by atoms with Gasteiger partial charge in [-0.1, -0.05) is 6.07 Å². The topological polar surface area (TPSA) is 87.7 Å². The van der Waals surface area contributed by atoms with Crippen LogP contribution in [0.3, 0.4) is 0 Å². The Labute approximate surface area is 140 Å². The van der Waals surface area contributed by atoms with Crippen molar-refractivity contribution >= 4 is 23.4 Å². The molecule has 3 amide bonds. The number of methoxy groups -OCH3 is 1. The van der Waals surface area contributed by atoms with Crippen LogP contribution in [0.15, 0.2) is 24.3 Å². The van der Waals surface area contributed by atoms with Gasteiger partial charge in [-0.05, 0) is 25.0 Å². The standard InChI is InChI=1S/C17H21N3O4/c1-24-14-4-2-3-13(8-14)20-10-11(7-16(20)22)17(23)18-9-15(21)19-12-5-6-12/h2-4,8,11-12H,5-7,9-10H2,1H3,(H,18,23)(H,19,21). The van der Waals surface area contributed by atoms with E-state index in [1.54, 1.807) is 30.2 Å². The van der Waals surface area contributed by atoms with Crippen molar-refractivity contribution in [2.75, 3.05) is 25.1 Å². The molecular formula is C17H21N3O4.